The number of ether oxygens (including phenoxy) is 1. The van der Waals surface area contributed by atoms with Crippen molar-refractivity contribution in [1.29, 1.82) is 0 Å². The molecule has 1 rings (SSSR count). The second kappa shape index (κ2) is 4.03. The molecule has 1 aromatic carbocycles. The van der Waals surface area contributed by atoms with Gasteiger partial charge in [-0.1, -0.05) is 6.07 Å². The van der Waals surface area contributed by atoms with E-state index in [9.17, 15) is 18.0 Å². The SMILES string of the molecule is Cc1ccc(C(N)=O)c(OC(F)(F)F)c1C. The molecular weight excluding hydrogens is 223 g/mol. The molecule has 0 fully saturated rings. The molecule has 1 amide bonds. The molecule has 0 saturated carbocycles. The molecule has 1 aromatic rings. The van der Waals surface area contributed by atoms with Crippen LogP contribution in [0.1, 0.15) is 21.5 Å². The van der Waals surface area contributed by atoms with Crippen LogP contribution in [0.2, 0.25) is 0 Å². The van der Waals surface area contributed by atoms with E-state index < -0.39 is 18.0 Å². The summed E-state index contributed by atoms with van der Waals surface area (Å²) in [5.74, 6) is -1.48. The highest BCUT2D eigenvalue weighted by molar-refractivity contribution is 5.96. The van der Waals surface area contributed by atoms with Gasteiger partial charge in [-0.15, -0.1) is 13.2 Å². The molecule has 0 aliphatic carbocycles. The van der Waals surface area contributed by atoms with Crippen LogP contribution < -0.4 is 10.5 Å². The fourth-order valence-electron chi connectivity index (χ4n) is 1.23. The number of alkyl halides is 3. The minimum absolute atomic E-state index is 0.244. The summed E-state index contributed by atoms with van der Waals surface area (Å²) in [6.45, 7) is 3.05. The number of benzene rings is 1. The van der Waals surface area contributed by atoms with Crippen molar-refractivity contribution in [2.45, 2.75) is 20.2 Å². The van der Waals surface area contributed by atoms with Gasteiger partial charge in [0.2, 0.25) is 0 Å². The highest BCUT2D eigenvalue weighted by atomic mass is 19.4. The summed E-state index contributed by atoms with van der Waals surface area (Å²) in [5, 5.41) is 0. The van der Waals surface area contributed by atoms with Crippen LogP contribution in [0.3, 0.4) is 0 Å². The third kappa shape index (κ3) is 2.65. The number of carbonyl (C=O) groups excluding carboxylic acids is 1. The highest BCUT2D eigenvalue weighted by Crippen LogP contribution is 2.31. The molecule has 0 bridgehead atoms. The van der Waals surface area contributed by atoms with Gasteiger partial charge in [0.15, 0.2) is 0 Å². The first-order chi connectivity index (χ1) is 7.22. The summed E-state index contributed by atoms with van der Waals surface area (Å²) in [6.07, 6.45) is -4.84. The van der Waals surface area contributed by atoms with Gasteiger partial charge in [0, 0.05) is 0 Å². The number of hydrogen-bond acceptors (Lipinski definition) is 2. The molecule has 3 nitrogen and oxygen atoms in total. The van der Waals surface area contributed by atoms with Gasteiger partial charge >= 0.3 is 6.36 Å². The minimum Gasteiger partial charge on any atom is -0.405 e. The van der Waals surface area contributed by atoms with Crippen molar-refractivity contribution in [1.82, 2.24) is 0 Å². The molecule has 0 atom stereocenters. The topological polar surface area (TPSA) is 52.3 Å². The predicted octanol–water partition coefficient (Wildman–Crippen LogP) is 2.30. The van der Waals surface area contributed by atoms with Crippen LogP contribution in [0.5, 0.6) is 5.75 Å². The van der Waals surface area contributed by atoms with E-state index in [1.54, 1.807) is 6.92 Å². The molecule has 16 heavy (non-hydrogen) atoms. The van der Waals surface area contributed by atoms with Crippen LogP contribution >= 0.6 is 0 Å². The molecule has 0 saturated heterocycles. The quantitative estimate of drug-likeness (QED) is 0.852. The summed E-state index contributed by atoms with van der Waals surface area (Å²) in [5.41, 5.74) is 5.52. The zero-order valence-corrected chi connectivity index (χ0v) is 8.68. The Bertz CT molecular complexity index is 427. The Hall–Kier alpha value is -1.72. The molecule has 0 aromatic heterocycles. The van der Waals surface area contributed by atoms with Crippen molar-refractivity contribution in [3.05, 3.63) is 28.8 Å². The van der Waals surface area contributed by atoms with Crippen molar-refractivity contribution in [3.8, 4) is 5.75 Å². The zero-order valence-electron chi connectivity index (χ0n) is 8.68. The fraction of sp³-hybridized carbons (Fsp3) is 0.300. The van der Waals surface area contributed by atoms with Gasteiger partial charge in [0.1, 0.15) is 5.75 Å². The average molecular weight is 233 g/mol. The van der Waals surface area contributed by atoms with E-state index in [0.717, 1.165) is 0 Å². The summed E-state index contributed by atoms with van der Waals surface area (Å²) < 4.78 is 40.2. The lowest BCUT2D eigenvalue weighted by Crippen LogP contribution is -2.22. The van der Waals surface area contributed by atoms with E-state index in [4.69, 9.17) is 5.73 Å². The first-order valence-electron chi connectivity index (χ1n) is 4.38. The largest absolute Gasteiger partial charge is 0.573 e. The number of amides is 1. The Morgan fingerprint density at radius 2 is 1.88 bits per heavy atom. The lowest BCUT2D eigenvalue weighted by Gasteiger charge is -2.15. The van der Waals surface area contributed by atoms with E-state index >= 15 is 0 Å². The van der Waals surface area contributed by atoms with E-state index in [2.05, 4.69) is 4.74 Å². The van der Waals surface area contributed by atoms with Gasteiger partial charge in [-0.05, 0) is 31.0 Å². The van der Waals surface area contributed by atoms with E-state index in [0.29, 0.717) is 5.56 Å². The van der Waals surface area contributed by atoms with Crippen molar-refractivity contribution in [2.75, 3.05) is 0 Å². The van der Waals surface area contributed by atoms with Gasteiger partial charge < -0.3 is 10.5 Å². The summed E-state index contributed by atoms with van der Waals surface area (Å²) in [6, 6.07) is 2.73. The minimum atomic E-state index is -4.84. The third-order valence-electron chi connectivity index (χ3n) is 2.16. The Kier molecular flexibility index (Phi) is 3.11. The summed E-state index contributed by atoms with van der Waals surface area (Å²) in [4.78, 5) is 10.9. The number of halogens is 3. The maximum absolute atomic E-state index is 12.1. The second-order valence-corrected chi connectivity index (χ2v) is 3.30. The number of primary amides is 1. The van der Waals surface area contributed by atoms with E-state index in [-0.39, 0.29) is 11.1 Å². The summed E-state index contributed by atoms with van der Waals surface area (Å²) in [7, 11) is 0. The number of nitrogens with two attached hydrogens (primary N) is 1. The van der Waals surface area contributed by atoms with Crippen LogP contribution in [-0.2, 0) is 0 Å². The molecule has 0 aliphatic heterocycles. The summed E-state index contributed by atoms with van der Waals surface area (Å²) >= 11 is 0. The Morgan fingerprint density at radius 3 is 2.31 bits per heavy atom. The molecule has 0 aliphatic rings. The van der Waals surface area contributed by atoms with Gasteiger partial charge in [0.25, 0.3) is 5.91 Å². The van der Waals surface area contributed by atoms with Crippen LogP contribution in [0.15, 0.2) is 12.1 Å². The lowest BCUT2D eigenvalue weighted by molar-refractivity contribution is -0.274. The van der Waals surface area contributed by atoms with Crippen molar-refractivity contribution in [2.24, 2.45) is 5.73 Å². The highest BCUT2D eigenvalue weighted by Gasteiger charge is 2.33. The Labute approximate surface area is 90.0 Å². The standard InChI is InChI=1S/C10H10F3NO2/c1-5-3-4-7(9(14)15)8(6(5)2)16-10(11,12)13/h3-4H,1-2H3,(H2,14,15). The van der Waals surface area contributed by atoms with Gasteiger partial charge in [-0.25, -0.2) is 0 Å². The normalized spacial score (nSPS) is 11.3. The van der Waals surface area contributed by atoms with Crippen LogP contribution in [0, 0.1) is 13.8 Å². The Morgan fingerprint density at radius 1 is 1.31 bits per heavy atom. The Balaban J connectivity index is 3.32. The van der Waals surface area contributed by atoms with Crippen molar-refractivity contribution < 1.29 is 22.7 Å². The molecule has 0 heterocycles. The average Bonchev–Trinajstić information content (AvgIpc) is 2.10. The number of carbonyl (C=O) groups is 1. The zero-order chi connectivity index (χ0) is 12.5. The molecule has 0 radical (unpaired) electrons. The second-order valence-electron chi connectivity index (χ2n) is 3.30. The molecule has 0 unspecified atom stereocenters. The molecule has 2 N–H and O–H groups in total. The van der Waals surface area contributed by atoms with Crippen LogP contribution in [-0.4, -0.2) is 12.3 Å². The van der Waals surface area contributed by atoms with Crippen LogP contribution in [0.4, 0.5) is 13.2 Å². The molecule has 88 valence electrons. The molecule has 6 heteroatoms. The van der Waals surface area contributed by atoms with Gasteiger partial charge in [-0.3, -0.25) is 4.79 Å². The predicted molar refractivity (Wildman–Crippen MR) is 51.1 cm³/mol. The molecular formula is C10H10F3NO2. The number of rotatable bonds is 2. The third-order valence-corrected chi connectivity index (χ3v) is 2.16. The van der Waals surface area contributed by atoms with E-state index in [1.807, 2.05) is 0 Å². The fourth-order valence-corrected chi connectivity index (χ4v) is 1.23. The smallest absolute Gasteiger partial charge is 0.405 e. The van der Waals surface area contributed by atoms with Crippen molar-refractivity contribution in [3.63, 3.8) is 0 Å². The number of hydrogen-bond donors (Lipinski definition) is 1. The van der Waals surface area contributed by atoms with Crippen LogP contribution in [0.25, 0.3) is 0 Å². The van der Waals surface area contributed by atoms with Gasteiger partial charge in [-0.2, -0.15) is 0 Å². The maximum atomic E-state index is 12.1. The van der Waals surface area contributed by atoms with Crippen molar-refractivity contribution >= 4 is 5.91 Å². The monoisotopic (exact) mass is 233 g/mol. The first kappa shape index (κ1) is 12.4. The maximum Gasteiger partial charge on any atom is 0.573 e. The number of aryl methyl sites for hydroxylation is 1. The first-order valence-corrected chi connectivity index (χ1v) is 4.38. The molecule has 0 spiro atoms. The lowest BCUT2D eigenvalue weighted by atomic mass is 10.0. The van der Waals surface area contributed by atoms with E-state index in [1.165, 1.54) is 19.1 Å². The van der Waals surface area contributed by atoms with Gasteiger partial charge in [0.05, 0.1) is 5.56 Å².